The Kier molecular flexibility index (Phi) is 4.41. The van der Waals surface area contributed by atoms with E-state index in [2.05, 4.69) is 10.3 Å². The molecule has 1 aromatic rings. The molecule has 16 heavy (non-hydrogen) atoms. The minimum Gasteiger partial charge on any atom is -0.481 e. The van der Waals surface area contributed by atoms with Crippen molar-refractivity contribution in [1.29, 1.82) is 0 Å². The molecule has 1 aromatic heterocycles. The van der Waals surface area contributed by atoms with Gasteiger partial charge in [0.25, 0.3) is 0 Å². The average Bonchev–Trinajstić information content (AvgIpc) is 2.26. The number of hydrogen-bond donors (Lipinski definition) is 3. The van der Waals surface area contributed by atoms with Gasteiger partial charge in [-0.15, -0.1) is 0 Å². The molecule has 0 bridgehead atoms. The highest BCUT2D eigenvalue weighted by molar-refractivity contribution is 5.85. The largest absolute Gasteiger partial charge is 0.481 e. The van der Waals surface area contributed by atoms with Crippen LogP contribution in [0.15, 0.2) is 24.5 Å². The fourth-order valence-electron chi connectivity index (χ4n) is 1.10. The van der Waals surface area contributed by atoms with Gasteiger partial charge in [0, 0.05) is 18.9 Å². The first kappa shape index (κ1) is 12.1. The maximum atomic E-state index is 11.3. The number of amides is 1. The van der Waals surface area contributed by atoms with E-state index in [1.807, 2.05) is 0 Å². The number of carbonyl (C=O) groups excluding carboxylic acids is 1. The first-order chi connectivity index (χ1) is 7.59. The maximum absolute atomic E-state index is 11.3. The van der Waals surface area contributed by atoms with Crippen LogP contribution in [0, 0.1) is 0 Å². The molecule has 0 aromatic carbocycles. The van der Waals surface area contributed by atoms with Crippen LogP contribution < -0.4 is 11.1 Å². The summed E-state index contributed by atoms with van der Waals surface area (Å²) >= 11 is 0. The summed E-state index contributed by atoms with van der Waals surface area (Å²) in [7, 11) is 0. The molecule has 4 N–H and O–H groups in total. The van der Waals surface area contributed by atoms with Gasteiger partial charge in [0.2, 0.25) is 5.91 Å². The minimum atomic E-state index is -1.09. The third-order valence-electron chi connectivity index (χ3n) is 1.95. The Hall–Kier alpha value is -1.95. The van der Waals surface area contributed by atoms with E-state index in [0.717, 1.165) is 5.56 Å². The van der Waals surface area contributed by atoms with Gasteiger partial charge in [-0.05, 0) is 17.7 Å². The Balaban J connectivity index is 2.38. The van der Waals surface area contributed by atoms with Gasteiger partial charge >= 0.3 is 5.97 Å². The van der Waals surface area contributed by atoms with Crippen LogP contribution in [0.25, 0.3) is 0 Å². The molecular formula is C10H13N3O3. The first-order valence-electron chi connectivity index (χ1n) is 4.73. The number of rotatable bonds is 5. The second-order valence-corrected chi connectivity index (χ2v) is 3.28. The highest BCUT2D eigenvalue weighted by Crippen LogP contribution is 1.96. The number of nitrogens with zero attached hydrogens (tertiary/aromatic N) is 1. The molecule has 0 aliphatic carbocycles. The minimum absolute atomic E-state index is 0.314. The SMILES string of the molecule is NC(CC(=O)O)C(=O)NCc1ccncc1. The number of hydrogen-bond acceptors (Lipinski definition) is 4. The zero-order chi connectivity index (χ0) is 12.0. The zero-order valence-electron chi connectivity index (χ0n) is 8.59. The number of carboxylic acids is 1. The fraction of sp³-hybridized carbons (Fsp3) is 0.300. The zero-order valence-corrected chi connectivity index (χ0v) is 8.59. The van der Waals surface area contributed by atoms with Crippen LogP contribution in [-0.4, -0.2) is 28.0 Å². The molecule has 1 atom stereocenters. The average molecular weight is 223 g/mol. The monoisotopic (exact) mass is 223 g/mol. The second-order valence-electron chi connectivity index (χ2n) is 3.28. The Labute approximate surface area is 92.5 Å². The van der Waals surface area contributed by atoms with Crippen molar-refractivity contribution in [2.24, 2.45) is 5.73 Å². The van der Waals surface area contributed by atoms with Crippen LogP contribution in [0.2, 0.25) is 0 Å². The second kappa shape index (κ2) is 5.82. The summed E-state index contributed by atoms with van der Waals surface area (Å²) in [5.74, 6) is -1.56. The van der Waals surface area contributed by atoms with Gasteiger partial charge in [-0.1, -0.05) is 0 Å². The van der Waals surface area contributed by atoms with Crippen molar-refractivity contribution in [3.05, 3.63) is 30.1 Å². The van der Waals surface area contributed by atoms with Crippen molar-refractivity contribution in [3.8, 4) is 0 Å². The van der Waals surface area contributed by atoms with Crippen molar-refractivity contribution < 1.29 is 14.7 Å². The lowest BCUT2D eigenvalue weighted by atomic mass is 10.2. The van der Waals surface area contributed by atoms with Crippen LogP contribution in [0.1, 0.15) is 12.0 Å². The van der Waals surface area contributed by atoms with Gasteiger partial charge in [-0.3, -0.25) is 14.6 Å². The molecule has 1 amide bonds. The summed E-state index contributed by atoms with van der Waals surface area (Å²) in [6.45, 7) is 0.314. The summed E-state index contributed by atoms with van der Waals surface area (Å²) < 4.78 is 0. The number of nitrogens with one attached hydrogen (secondary N) is 1. The third-order valence-corrected chi connectivity index (χ3v) is 1.95. The Morgan fingerprint density at radius 3 is 2.62 bits per heavy atom. The molecule has 1 rings (SSSR count). The van der Waals surface area contributed by atoms with Crippen LogP contribution in [0.5, 0.6) is 0 Å². The molecule has 0 aliphatic heterocycles. The molecule has 1 unspecified atom stereocenters. The van der Waals surface area contributed by atoms with Gasteiger partial charge in [0.15, 0.2) is 0 Å². The van der Waals surface area contributed by atoms with E-state index in [9.17, 15) is 9.59 Å². The molecule has 0 spiro atoms. The van der Waals surface area contributed by atoms with Gasteiger partial charge in [-0.2, -0.15) is 0 Å². The van der Waals surface area contributed by atoms with Gasteiger partial charge in [0.05, 0.1) is 12.5 Å². The van der Waals surface area contributed by atoms with E-state index in [-0.39, 0.29) is 6.42 Å². The first-order valence-corrected chi connectivity index (χ1v) is 4.73. The number of nitrogens with two attached hydrogens (primary N) is 1. The van der Waals surface area contributed by atoms with Crippen LogP contribution in [0.4, 0.5) is 0 Å². The van der Waals surface area contributed by atoms with Gasteiger partial charge in [0.1, 0.15) is 0 Å². The quantitative estimate of drug-likeness (QED) is 0.624. The van der Waals surface area contributed by atoms with E-state index in [0.29, 0.717) is 6.54 Å². The van der Waals surface area contributed by atoms with Crippen molar-refractivity contribution in [2.45, 2.75) is 19.0 Å². The summed E-state index contributed by atoms with van der Waals surface area (Å²) in [5, 5.41) is 11.0. The molecule has 6 heteroatoms. The van der Waals surface area contributed by atoms with Crippen molar-refractivity contribution in [1.82, 2.24) is 10.3 Å². The van der Waals surface area contributed by atoms with Gasteiger partial charge in [-0.25, -0.2) is 0 Å². The lowest BCUT2D eigenvalue weighted by Crippen LogP contribution is -2.41. The molecule has 1 heterocycles. The number of pyridine rings is 1. The number of aromatic nitrogens is 1. The molecule has 0 aliphatic rings. The topological polar surface area (TPSA) is 105 Å². The summed E-state index contributed by atoms with van der Waals surface area (Å²) in [6.07, 6.45) is 2.85. The lowest BCUT2D eigenvalue weighted by Gasteiger charge is -2.09. The summed E-state index contributed by atoms with van der Waals surface area (Å²) in [5.41, 5.74) is 6.26. The highest BCUT2D eigenvalue weighted by atomic mass is 16.4. The van der Waals surface area contributed by atoms with E-state index in [1.165, 1.54) is 0 Å². The third kappa shape index (κ3) is 4.05. The van der Waals surface area contributed by atoms with E-state index < -0.39 is 17.9 Å². The maximum Gasteiger partial charge on any atom is 0.305 e. The molecule has 0 saturated heterocycles. The molecule has 0 radical (unpaired) electrons. The predicted octanol–water partition coefficient (Wildman–Crippen LogP) is -0.500. The van der Waals surface area contributed by atoms with Crippen LogP contribution in [0.3, 0.4) is 0 Å². The van der Waals surface area contributed by atoms with E-state index >= 15 is 0 Å². The Morgan fingerprint density at radius 2 is 2.06 bits per heavy atom. The summed E-state index contributed by atoms with van der Waals surface area (Å²) in [6, 6.07) is 2.49. The highest BCUT2D eigenvalue weighted by Gasteiger charge is 2.16. The Morgan fingerprint density at radius 1 is 1.44 bits per heavy atom. The number of carboxylic acid groups (broad SMARTS) is 1. The van der Waals surface area contributed by atoms with E-state index in [4.69, 9.17) is 10.8 Å². The molecule has 6 nitrogen and oxygen atoms in total. The molecule has 0 fully saturated rings. The van der Waals surface area contributed by atoms with Crippen molar-refractivity contribution in [3.63, 3.8) is 0 Å². The van der Waals surface area contributed by atoms with Crippen LogP contribution in [-0.2, 0) is 16.1 Å². The predicted molar refractivity (Wildman–Crippen MR) is 56.3 cm³/mol. The van der Waals surface area contributed by atoms with Crippen molar-refractivity contribution >= 4 is 11.9 Å². The Bertz CT molecular complexity index is 367. The fourth-order valence-corrected chi connectivity index (χ4v) is 1.10. The smallest absolute Gasteiger partial charge is 0.305 e. The normalized spacial score (nSPS) is 11.8. The van der Waals surface area contributed by atoms with E-state index in [1.54, 1.807) is 24.5 Å². The van der Waals surface area contributed by atoms with Gasteiger partial charge < -0.3 is 16.2 Å². The molecule has 86 valence electrons. The molecule has 0 saturated carbocycles. The standard InChI is InChI=1S/C10H13N3O3/c11-8(5-9(14)15)10(16)13-6-7-1-3-12-4-2-7/h1-4,8H,5-6,11H2,(H,13,16)(H,14,15). The number of aliphatic carboxylic acids is 1. The summed E-state index contributed by atoms with van der Waals surface area (Å²) in [4.78, 5) is 25.5. The molecular weight excluding hydrogens is 210 g/mol. The number of carbonyl (C=O) groups is 2. The van der Waals surface area contributed by atoms with Crippen LogP contribution >= 0.6 is 0 Å². The van der Waals surface area contributed by atoms with Crippen molar-refractivity contribution in [2.75, 3.05) is 0 Å². The lowest BCUT2D eigenvalue weighted by molar-refractivity contribution is -0.139.